The fraction of sp³-hybridized carbons (Fsp3) is 0.190. The number of rotatable bonds is 2. The minimum absolute atomic E-state index is 0.205. The molecule has 24 heavy (non-hydrogen) atoms. The number of benzene rings is 2. The Morgan fingerprint density at radius 1 is 0.917 bits per heavy atom. The molecule has 122 valence electrons. The van der Waals surface area contributed by atoms with Crippen molar-refractivity contribution in [3.05, 3.63) is 96.0 Å². The average Bonchev–Trinajstić information content (AvgIpc) is 3.13. The zero-order chi connectivity index (χ0) is 17.4. The normalized spacial score (nSPS) is 10.5. The lowest BCUT2D eigenvalue weighted by Crippen LogP contribution is -2.10. The molecule has 0 saturated heterocycles. The highest BCUT2D eigenvalue weighted by molar-refractivity contribution is 6.21. The molecule has 0 radical (unpaired) electrons. The second-order valence-electron chi connectivity index (χ2n) is 6.65. The molecular formula is C21H25BN2. The number of hydrogen-bond acceptors (Lipinski definition) is 1. The quantitative estimate of drug-likeness (QED) is 0.697. The maximum atomic E-state index is 3.93. The van der Waals surface area contributed by atoms with Crippen LogP contribution in [0.25, 0.3) is 5.57 Å². The van der Waals surface area contributed by atoms with Gasteiger partial charge in [-0.15, -0.1) is 5.98 Å². The predicted molar refractivity (Wildman–Crippen MR) is 106 cm³/mol. The SMILES string of the molecule is BC=C(c1ccccc1)c1ccccc1.CC(C)(C)c1cnc[nH]1. The maximum Gasteiger partial charge on any atom is 0.130 e. The Labute approximate surface area is 146 Å². The van der Waals surface area contributed by atoms with Crippen LogP contribution in [0.15, 0.2) is 79.2 Å². The summed E-state index contributed by atoms with van der Waals surface area (Å²) >= 11 is 0. The van der Waals surface area contributed by atoms with Crippen LogP contribution in [0.1, 0.15) is 37.6 Å². The maximum absolute atomic E-state index is 3.93. The van der Waals surface area contributed by atoms with Gasteiger partial charge in [0.05, 0.1) is 6.33 Å². The molecule has 0 bridgehead atoms. The standard InChI is InChI=1S/C14H13B.C7H12N2/c15-11-14(12-7-3-1-4-8-12)13-9-5-2-6-10-13;1-7(2,3)6-4-8-5-9-6/h1-11H,15H2;4-5H,1-3H3,(H,8,9). The monoisotopic (exact) mass is 316 g/mol. The van der Waals surface area contributed by atoms with Gasteiger partial charge in [-0.1, -0.05) is 81.4 Å². The van der Waals surface area contributed by atoms with Gasteiger partial charge in [-0.3, -0.25) is 0 Å². The summed E-state index contributed by atoms with van der Waals surface area (Å²) < 4.78 is 0. The zero-order valence-corrected chi connectivity index (χ0v) is 15.0. The molecule has 2 aromatic carbocycles. The molecule has 0 amide bonds. The third-order valence-electron chi connectivity index (χ3n) is 3.76. The molecule has 1 heterocycles. The second kappa shape index (κ2) is 8.35. The van der Waals surface area contributed by atoms with Crippen molar-refractivity contribution in [2.24, 2.45) is 0 Å². The molecule has 0 fully saturated rings. The summed E-state index contributed by atoms with van der Waals surface area (Å²) in [5.74, 6) is 2.16. The minimum Gasteiger partial charge on any atom is -0.348 e. The van der Waals surface area contributed by atoms with E-state index in [9.17, 15) is 0 Å². The highest BCUT2D eigenvalue weighted by Crippen LogP contribution is 2.21. The van der Waals surface area contributed by atoms with Crippen LogP contribution in [0.5, 0.6) is 0 Å². The molecule has 3 heteroatoms. The first-order chi connectivity index (χ1) is 11.5. The Hall–Kier alpha value is -2.55. The molecule has 0 atom stereocenters. The van der Waals surface area contributed by atoms with Gasteiger partial charge in [0.25, 0.3) is 0 Å². The van der Waals surface area contributed by atoms with Crippen molar-refractivity contribution in [3.63, 3.8) is 0 Å². The van der Waals surface area contributed by atoms with Gasteiger partial charge in [0, 0.05) is 17.3 Å². The van der Waals surface area contributed by atoms with Gasteiger partial charge in [-0.25, -0.2) is 4.98 Å². The van der Waals surface area contributed by atoms with E-state index in [-0.39, 0.29) is 5.41 Å². The van der Waals surface area contributed by atoms with Gasteiger partial charge in [-0.05, 0) is 16.7 Å². The van der Waals surface area contributed by atoms with Crippen molar-refractivity contribution in [2.75, 3.05) is 0 Å². The Bertz CT molecular complexity index is 698. The molecule has 1 aromatic heterocycles. The summed E-state index contributed by atoms with van der Waals surface area (Å²) in [7, 11) is 2.08. The number of imidazole rings is 1. The first kappa shape index (κ1) is 17.8. The Morgan fingerprint density at radius 3 is 1.71 bits per heavy atom. The van der Waals surface area contributed by atoms with E-state index in [0.717, 1.165) is 0 Å². The van der Waals surface area contributed by atoms with Gasteiger partial charge in [-0.2, -0.15) is 0 Å². The van der Waals surface area contributed by atoms with Gasteiger partial charge in [0.1, 0.15) is 7.85 Å². The average molecular weight is 316 g/mol. The van der Waals surface area contributed by atoms with Crippen molar-refractivity contribution in [1.82, 2.24) is 9.97 Å². The lowest BCUT2D eigenvalue weighted by atomic mass is 9.92. The minimum atomic E-state index is 0.205. The molecular weight excluding hydrogens is 291 g/mol. The number of aromatic amines is 1. The highest BCUT2D eigenvalue weighted by Gasteiger charge is 2.13. The summed E-state index contributed by atoms with van der Waals surface area (Å²) in [5, 5.41) is 0. The van der Waals surface area contributed by atoms with Crippen molar-refractivity contribution in [2.45, 2.75) is 26.2 Å². The van der Waals surface area contributed by atoms with Gasteiger partial charge in [0.15, 0.2) is 0 Å². The first-order valence-corrected chi connectivity index (χ1v) is 8.28. The van der Waals surface area contributed by atoms with Crippen LogP contribution in [0.3, 0.4) is 0 Å². The number of nitrogens with zero attached hydrogens (tertiary/aromatic N) is 1. The Kier molecular flexibility index (Phi) is 6.19. The first-order valence-electron chi connectivity index (χ1n) is 8.28. The number of hydrogen-bond donors (Lipinski definition) is 1. The molecule has 3 rings (SSSR count). The predicted octanol–water partition coefficient (Wildman–Crippen LogP) is 4.42. The van der Waals surface area contributed by atoms with Crippen molar-refractivity contribution in [3.8, 4) is 0 Å². The van der Waals surface area contributed by atoms with E-state index < -0.39 is 0 Å². The lowest BCUT2D eigenvalue weighted by molar-refractivity contribution is 0.572. The Balaban J connectivity index is 0.000000198. The van der Waals surface area contributed by atoms with E-state index in [1.165, 1.54) is 22.4 Å². The molecule has 3 aromatic rings. The summed E-state index contributed by atoms with van der Waals surface area (Å²) in [4.78, 5) is 7.00. The fourth-order valence-electron chi connectivity index (χ4n) is 2.40. The van der Waals surface area contributed by atoms with Crippen LogP contribution in [-0.4, -0.2) is 17.8 Å². The Morgan fingerprint density at radius 2 is 1.42 bits per heavy atom. The summed E-state index contributed by atoms with van der Waals surface area (Å²) in [6.07, 6.45) is 3.57. The topological polar surface area (TPSA) is 28.7 Å². The van der Waals surface area contributed by atoms with E-state index in [2.05, 4.69) is 93.1 Å². The third kappa shape index (κ3) is 4.99. The van der Waals surface area contributed by atoms with E-state index in [1.807, 2.05) is 18.3 Å². The largest absolute Gasteiger partial charge is 0.348 e. The molecule has 0 unspecified atom stereocenters. The molecule has 0 aliphatic heterocycles. The van der Waals surface area contributed by atoms with Crippen molar-refractivity contribution >= 4 is 13.4 Å². The summed E-state index contributed by atoms with van der Waals surface area (Å²) in [5.41, 5.74) is 5.22. The van der Waals surface area contributed by atoms with Crippen LogP contribution < -0.4 is 0 Å². The van der Waals surface area contributed by atoms with E-state index in [1.54, 1.807) is 6.33 Å². The van der Waals surface area contributed by atoms with Crippen LogP contribution in [0, 0.1) is 0 Å². The summed E-state index contributed by atoms with van der Waals surface area (Å²) in [6.45, 7) is 6.46. The number of aromatic nitrogens is 2. The van der Waals surface area contributed by atoms with Crippen LogP contribution >= 0.6 is 0 Å². The van der Waals surface area contributed by atoms with Gasteiger partial charge < -0.3 is 4.98 Å². The second-order valence-corrected chi connectivity index (χ2v) is 6.65. The van der Waals surface area contributed by atoms with Crippen LogP contribution in [0.2, 0.25) is 0 Å². The van der Waals surface area contributed by atoms with E-state index in [4.69, 9.17) is 0 Å². The van der Waals surface area contributed by atoms with Crippen LogP contribution in [-0.2, 0) is 5.41 Å². The molecule has 0 aliphatic carbocycles. The van der Waals surface area contributed by atoms with Crippen LogP contribution in [0.4, 0.5) is 0 Å². The molecule has 0 saturated carbocycles. The fourth-order valence-corrected chi connectivity index (χ4v) is 2.40. The van der Waals surface area contributed by atoms with Crippen molar-refractivity contribution < 1.29 is 0 Å². The van der Waals surface area contributed by atoms with Crippen molar-refractivity contribution in [1.29, 1.82) is 0 Å². The molecule has 1 N–H and O–H groups in total. The highest BCUT2D eigenvalue weighted by atomic mass is 14.9. The number of H-pyrrole nitrogens is 1. The molecule has 0 spiro atoms. The zero-order valence-electron chi connectivity index (χ0n) is 15.0. The summed E-state index contributed by atoms with van der Waals surface area (Å²) in [6, 6.07) is 20.9. The smallest absolute Gasteiger partial charge is 0.130 e. The number of nitrogens with one attached hydrogen (secondary N) is 1. The van der Waals surface area contributed by atoms with E-state index >= 15 is 0 Å². The molecule has 2 nitrogen and oxygen atoms in total. The molecule has 0 aliphatic rings. The third-order valence-corrected chi connectivity index (χ3v) is 3.76. The van der Waals surface area contributed by atoms with Gasteiger partial charge >= 0.3 is 0 Å². The van der Waals surface area contributed by atoms with E-state index in [0.29, 0.717) is 0 Å². The van der Waals surface area contributed by atoms with Gasteiger partial charge in [0.2, 0.25) is 0 Å². The lowest BCUT2D eigenvalue weighted by Gasteiger charge is -2.14.